The summed E-state index contributed by atoms with van der Waals surface area (Å²) in [6.45, 7) is 0.115. The Balaban J connectivity index is 1.62. The first-order chi connectivity index (χ1) is 12.9. The van der Waals surface area contributed by atoms with Crippen LogP contribution in [0.3, 0.4) is 0 Å². The summed E-state index contributed by atoms with van der Waals surface area (Å²) in [6, 6.07) is 12.3. The van der Waals surface area contributed by atoms with Crippen molar-refractivity contribution in [2.24, 2.45) is 0 Å². The molecule has 0 radical (unpaired) electrons. The van der Waals surface area contributed by atoms with E-state index >= 15 is 0 Å². The van der Waals surface area contributed by atoms with Crippen molar-refractivity contribution >= 4 is 51.9 Å². The van der Waals surface area contributed by atoms with E-state index in [4.69, 9.17) is 12.2 Å². The number of phenols is 1. The molecule has 2 N–H and O–H groups in total. The second kappa shape index (κ2) is 8.32. The Morgan fingerprint density at radius 3 is 2.78 bits per heavy atom. The van der Waals surface area contributed by atoms with Crippen molar-refractivity contribution in [2.75, 3.05) is 11.9 Å². The average molecular weight is 402 g/mol. The highest BCUT2D eigenvalue weighted by atomic mass is 32.2. The van der Waals surface area contributed by atoms with E-state index in [2.05, 4.69) is 5.32 Å². The lowest BCUT2D eigenvalue weighted by atomic mass is 10.2. The first-order valence-electron chi connectivity index (χ1n) is 8.03. The molecule has 2 amide bonds. The van der Waals surface area contributed by atoms with E-state index in [1.165, 1.54) is 29.2 Å². The average Bonchev–Trinajstić information content (AvgIpc) is 2.88. The molecule has 1 aliphatic heterocycles. The summed E-state index contributed by atoms with van der Waals surface area (Å²) >= 11 is 6.29. The van der Waals surface area contributed by atoms with Gasteiger partial charge in [-0.25, -0.2) is 4.39 Å². The van der Waals surface area contributed by atoms with Crippen LogP contribution in [-0.4, -0.2) is 32.7 Å². The van der Waals surface area contributed by atoms with E-state index < -0.39 is 5.82 Å². The number of thioether (sulfide) groups is 1. The maximum absolute atomic E-state index is 13.8. The SMILES string of the molecule is O=C(CCN1C(=O)/C(=C/c2ccccc2F)SC1=S)Nc1cccc(O)c1. The molecular formula is C19H15FN2O3S2. The van der Waals surface area contributed by atoms with Crippen LogP contribution in [0.2, 0.25) is 0 Å². The van der Waals surface area contributed by atoms with Gasteiger partial charge in [-0.3, -0.25) is 14.5 Å². The van der Waals surface area contributed by atoms with Crippen LogP contribution in [0.15, 0.2) is 53.4 Å². The molecule has 1 fully saturated rings. The van der Waals surface area contributed by atoms with Gasteiger partial charge in [0, 0.05) is 30.3 Å². The third kappa shape index (κ3) is 4.72. The topological polar surface area (TPSA) is 69.6 Å². The predicted molar refractivity (Wildman–Crippen MR) is 108 cm³/mol. The molecule has 27 heavy (non-hydrogen) atoms. The number of amides is 2. The number of carbonyl (C=O) groups is 2. The third-order valence-electron chi connectivity index (χ3n) is 3.76. The minimum absolute atomic E-state index is 0.0368. The Labute approximate surface area is 164 Å². The number of hydrogen-bond acceptors (Lipinski definition) is 5. The number of nitrogens with zero attached hydrogens (tertiary/aromatic N) is 1. The fourth-order valence-electron chi connectivity index (χ4n) is 2.45. The van der Waals surface area contributed by atoms with Crippen LogP contribution in [0.4, 0.5) is 10.1 Å². The van der Waals surface area contributed by atoms with Gasteiger partial charge in [0.25, 0.3) is 5.91 Å². The molecule has 0 bridgehead atoms. The normalized spacial score (nSPS) is 15.4. The number of halogens is 1. The van der Waals surface area contributed by atoms with Crippen molar-refractivity contribution in [2.45, 2.75) is 6.42 Å². The lowest BCUT2D eigenvalue weighted by molar-refractivity contribution is -0.122. The molecule has 1 aliphatic rings. The zero-order valence-electron chi connectivity index (χ0n) is 14.0. The summed E-state index contributed by atoms with van der Waals surface area (Å²) in [5, 5.41) is 12.1. The second-order valence-corrected chi connectivity index (χ2v) is 7.38. The highest BCUT2D eigenvalue weighted by Gasteiger charge is 2.32. The number of aromatic hydroxyl groups is 1. The van der Waals surface area contributed by atoms with Crippen molar-refractivity contribution in [3.63, 3.8) is 0 Å². The molecule has 8 heteroatoms. The van der Waals surface area contributed by atoms with Crippen LogP contribution in [0, 0.1) is 5.82 Å². The lowest BCUT2D eigenvalue weighted by Crippen LogP contribution is -2.31. The number of thiocarbonyl (C=S) groups is 1. The van der Waals surface area contributed by atoms with Crippen molar-refractivity contribution in [3.8, 4) is 5.75 Å². The number of benzene rings is 2. The van der Waals surface area contributed by atoms with Crippen LogP contribution in [0.1, 0.15) is 12.0 Å². The summed E-state index contributed by atoms with van der Waals surface area (Å²) in [4.78, 5) is 26.2. The summed E-state index contributed by atoms with van der Waals surface area (Å²) in [6.07, 6.45) is 1.50. The van der Waals surface area contributed by atoms with Gasteiger partial charge in [0.2, 0.25) is 5.91 Å². The molecule has 3 rings (SSSR count). The molecule has 2 aromatic rings. The van der Waals surface area contributed by atoms with E-state index in [9.17, 15) is 19.1 Å². The van der Waals surface area contributed by atoms with Crippen LogP contribution < -0.4 is 5.32 Å². The Bertz CT molecular complexity index is 946. The van der Waals surface area contributed by atoms with Crippen LogP contribution >= 0.6 is 24.0 Å². The lowest BCUT2D eigenvalue weighted by Gasteiger charge is -2.14. The van der Waals surface area contributed by atoms with E-state index in [0.29, 0.717) is 20.5 Å². The molecule has 1 saturated heterocycles. The number of hydrogen-bond donors (Lipinski definition) is 2. The van der Waals surface area contributed by atoms with Crippen molar-refractivity contribution < 1.29 is 19.1 Å². The monoisotopic (exact) mass is 402 g/mol. The van der Waals surface area contributed by atoms with Crippen LogP contribution in [-0.2, 0) is 9.59 Å². The molecule has 1 heterocycles. The standard InChI is InChI=1S/C19H15FN2O3S2/c20-15-7-2-1-4-12(15)10-16-18(25)22(19(26)27-16)9-8-17(24)21-13-5-3-6-14(23)11-13/h1-7,10-11,23H,8-9H2,(H,21,24)/b16-10-. The maximum atomic E-state index is 13.8. The summed E-state index contributed by atoms with van der Waals surface area (Å²) in [7, 11) is 0. The molecule has 0 saturated carbocycles. The van der Waals surface area contributed by atoms with Gasteiger partial charge in [-0.1, -0.05) is 48.2 Å². The number of nitrogens with one attached hydrogen (secondary N) is 1. The largest absolute Gasteiger partial charge is 0.508 e. The number of anilines is 1. The van der Waals surface area contributed by atoms with Crippen LogP contribution in [0.25, 0.3) is 6.08 Å². The van der Waals surface area contributed by atoms with Gasteiger partial charge in [0.05, 0.1) is 4.91 Å². The summed E-state index contributed by atoms with van der Waals surface area (Å²) in [5.41, 5.74) is 0.768. The molecule has 0 aliphatic carbocycles. The molecular weight excluding hydrogens is 387 g/mol. The first kappa shape index (κ1) is 19.1. The fraction of sp³-hybridized carbons (Fsp3) is 0.105. The predicted octanol–water partition coefficient (Wildman–Crippen LogP) is 3.76. The van der Waals surface area contributed by atoms with Gasteiger partial charge in [-0.15, -0.1) is 0 Å². The quantitative estimate of drug-likeness (QED) is 0.589. The Kier molecular flexibility index (Phi) is 5.88. The molecule has 0 spiro atoms. The van der Waals surface area contributed by atoms with Crippen LogP contribution in [0.5, 0.6) is 5.75 Å². The first-order valence-corrected chi connectivity index (χ1v) is 9.25. The van der Waals surface area contributed by atoms with E-state index in [1.54, 1.807) is 30.3 Å². The zero-order chi connectivity index (χ0) is 19.4. The molecule has 0 atom stereocenters. The molecule has 0 aromatic heterocycles. The zero-order valence-corrected chi connectivity index (χ0v) is 15.6. The molecule has 0 unspecified atom stereocenters. The smallest absolute Gasteiger partial charge is 0.266 e. The van der Waals surface area contributed by atoms with Gasteiger partial charge in [-0.2, -0.15) is 0 Å². The van der Waals surface area contributed by atoms with Gasteiger partial charge < -0.3 is 10.4 Å². The van der Waals surface area contributed by atoms with E-state index in [1.807, 2.05) is 0 Å². The maximum Gasteiger partial charge on any atom is 0.266 e. The van der Waals surface area contributed by atoms with Crippen molar-refractivity contribution in [1.29, 1.82) is 0 Å². The highest BCUT2D eigenvalue weighted by Crippen LogP contribution is 2.33. The van der Waals surface area contributed by atoms with Gasteiger partial charge in [0.1, 0.15) is 15.9 Å². The number of carbonyl (C=O) groups excluding carboxylic acids is 2. The summed E-state index contributed by atoms with van der Waals surface area (Å²) < 4.78 is 14.1. The van der Waals surface area contributed by atoms with E-state index in [-0.39, 0.29) is 30.5 Å². The Morgan fingerprint density at radius 1 is 1.26 bits per heavy atom. The summed E-state index contributed by atoms with van der Waals surface area (Å²) in [5.74, 6) is -1.04. The second-order valence-electron chi connectivity index (χ2n) is 5.70. The molecule has 2 aromatic carbocycles. The minimum Gasteiger partial charge on any atom is -0.508 e. The van der Waals surface area contributed by atoms with Crippen molar-refractivity contribution in [3.05, 3.63) is 64.8 Å². The molecule has 138 valence electrons. The van der Waals surface area contributed by atoms with Gasteiger partial charge in [0.15, 0.2) is 0 Å². The number of phenolic OH excluding ortho intramolecular Hbond substituents is 1. The molecule has 5 nitrogen and oxygen atoms in total. The van der Waals surface area contributed by atoms with Gasteiger partial charge >= 0.3 is 0 Å². The highest BCUT2D eigenvalue weighted by molar-refractivity contribution is 8.26. The van der Waals surface area contributed by atoms with E-state index in [0.717, 1.165) is 11.8 Å². The van der Waals surface area contributed by atoms with Gasteiger partial charge in [-0.05, 0) is 24.3 Å². The number of rotatable bonds is 5. The fourth-order valence-corrected chi connectivity index (χ4v) is 3.75. The third-order valence-corrected chi connectivity index (χ3v) is 5.14. The Morgan fingerprint density at radius 2 is 2.04 bits per heavy atom. The van der Waals surface area contributed by atoms with Crippen molar-refractivity contribution in [1.82, 2.24) is 4.90 Å². The minimum atomic E-state index is -0.423. The Hall–Kier alpha value is -2.71.